The molecule has 5 N–H and O–H groups in total. The maximum absolute atomic E-state index is 11.0. The molecular formula is C17H18N6O2. The monoisotopic (exact) mass is 338 g/mol. The molecule has 0 radical (unpaired) electrons. The predicted molar refractivity (Wildman–Crippen MR) is 94.1 cm³/mol. The highest BCUT2D eigenvalue weighted by Crippen LogP contribution is 2.28. The van der Waals surface area contributed by atoms with Crippen LogP contribution >= 0.6 is 0 Å². The first-order valence-electron chi connectivity index (χ1n) is 7.65. The van der Waals surface area contributed by atoms with Crippen molar-refractivity contribution in [3.63, 3.8) is 0 Å². The molecule has 0 saturated heterocycles. The van der Waals surface area contributed by atoms with Crippen LogP contribution in [0.4, 0.5) is 11.8 Å². The highest BCUT2D eigenvalue weighted by Gasteiger charge is 2.23. The Kier molecular flexibility index (Phi) is 3.96. The largest absolute Gasteiger partial charge is 0.478 e. The summed E-state index contributed by atoms with van der Waals surface area (Å²) >= 11 is 0. The van der Waals surface area contributed by atoms with E-state index in [1.54, 1.807) is 18.3 Å². The first kappa shape index (κ1) is 16.6. The van der Waals surface area contributed by atoms with Crippen LogP contribution in [0.5, 0.6) is 0 Å². The summed E-state index contributed by atoms with van der Waals surface area (Å²) in [6, 6.07) is 6.83. The minimum atomic E-state index is -0.945. The van der Waals surface area contributed by atoms with E-state index in [1.807, 2.05) is 12.1 Å². The molecule has 2 heterocycles. The fraction of sp³-hybridized carbons (Fsp3) is 0.235. The summed E-state index contributed by atoms with van der Waals surface area (Å²) in [5, 5.41) is 9.01. The Balaban J connectivity index is 1.92. The van der Waals surface area contributed by atoms with Crippen molar-refractivity contribution in [2.45, 2.75) is 25.7 Å². The van der Waals surface area contributed by atoms with Gasteiger partial charge in [-0.1, -0.05) is 26.0 Å². The van der Waals surface area contributed by atoms with Crippen LogP contribution in [0.3, 0.4) is 0 Å². The van der Waals surface area contributed by atoms with E-state index in [4.69, 9.17) is 16.6 Å². The fourth-order valence-corrected chi connectivity index (χ4v) is 2.69. The van der Waals surface area contributed by atoms with E-state index >= 15 is 0 Å². The summed E-state index contributed by atoms with van der Waals surface area (Å²) in [7, 11) is 0. The maximum atomic E-state index is 11.0. The second-order valence-corrected chi connectivity index (χ2v) is 6.44. The third kappa shape index (κ3) is 3.32. The molecule has 0 bridgehead atoms. The zero-order valence-electron chi connectivity index (χ0n) is 13.9. The van der Waals surface area contributed by atoms with E-state index < -0.39 is 5.97 Å². The molecule has 0 amide bonds. The van der Waals surface area contributed by atoms with Crippen LogP contribution in [-0.2, 0) is 11.8 Å². The molecule has 0 fully saturated rings. The number of nitrogen functional groups attached to an aromatic ring is 2. The Labute approximate surface area is 144 Å². The lowest BCUT2D eigenvalue weighted by Gasteiger charge is -2.25. The molecule has 0 aliphatic carbocycles. The van der Waals surface area contributed by atoms with Crippen LogP contribution in [-0.4, -0.2) is 31.0 Å². The number of aromatic nitrogens is 4. The Bertz CT molecular complexity index is 953. The average molecular weight is 338 g/mol. The first-order chi connectivity index (χ1) is 11.8. The molecule has 128 valence electrons. The highest BCUT2D eigenvalue weighted by atomic mass is 16.4. The van der Waals surface area contributed by atoms with Gasteiger partial charge in [0.15, 0.2) is 17.0 Å². The third-order valence-electron chi connectivity index (χ3n) is 4.04. The quantitative estimate of drug-likeness (QED) is 0.654. The molecule has 0 unspecified atom stereocenters. The van der Waals surface area contributed by atoms with Gasteiger partial charge in [-0.2, -0.15) is 9.97 Å². The van der Waals surface area contributed by atoms with E-state index in [0.29, 0.717) is 17.6 Å². The highest BCUT2D eigenvalue weighted by molar-refractivity contribution is 5.87. The number of hydrogen-bond donors (Lipinski definition) is 3. The normalized spacial score (nSPS) is 11.6. The number of rotatable bonds is 4. The van der Waals surface area contributed by atoms with Gasteiger partial charge in [-0.25, -0.2) is 14.8 Å². The molecule has 0 aliphatic heterocycles. The Morgan fingerprint density at radius 2 is 1.80 bits per heavy atom. The molecule has 0 spiro atoms. The van der Waals surface area contributed by atoms with Gasteiger partial charge in [0.25, 0.3) is 0 Å². The second-order valence-electron chi connectivity index (χ2n) is 6.44. The summed E-state index contributed by atoms with van der Waals surface area (Å²) in [6.45, 7) is 4.11. The molecule has 0 saturated carbocycles. The van der Waals surface area contributed by atoms with Crippen LogP contribution in [0.25, 0.3) is 11.2 Å². The van der Waals surface area contributed by atoms with Gasteiger partial charge in [0.05, 0.1) is 17.5 Å². The number of aromatic carboxylic acids is 1. The van der Waals surface area contributed by atoms with E-state index in [0.717, 1.165) is 11.3 Å². The third-order valence-corrected chi connectivity index (χ3v) is 4.04. The molecule has 25 heavy (non-hydrogen) atoms. The van der Waals surface area contributed by atoms with E-state index in [2.05, 4.69) is 33.8 Å². The zero-order valence-corrected chi connectivity index (χ0v) is 13.9. The van der Waals surface area contributed by atoms with Gasteiger partial charge < -0.3 is 16.6 Å². The topological polar surface area (TPSA) is 141 Å². The van der Waals surface area contributed by atoms with Gasteiger partial charge in [0, 0.05) is 6.42 Å². The summed E-state index contributed by atoms with van der Waals surface area (Å²) in [5.74, 6) is -0.689. The molecular weight excluding hydrogens is 320 g/mol. The number of carboxylic acids is 1. The van der Waals surface area contributed by atoms with Gasteiger partial charge in [-0.3, -0.25) is 0 Å². The predicted octanol–water partition coefficient (Wildman–Crippen LogP) is 1.80. The standard InChI is InChI=1S/C17H18N6O2/c1-17(2,10-5-3-9(4-6-10)15(24)25)7-11-8-20-14-12(21-11)13(18)22-16(19)23-14/h3-6,8H,7H2,1-2H3,(H,24,25)(H4,18,19,20,22,23). The van der Waals surface area contributed by atoms with Crippen LogP contribution < -0.4 is 11.5 Å². The molecule has 8 nitrogen and oxygen atoms in total. The minimum Gasteiger partial charge on any atom is -0.478 e. The number of nitrogens with zero attached hydrogens (tertiary/aromatic N) is 4. The summed E-state index contributed by atoms with van der Waals surface area (Å²) < 4.78 is 0. The number of anilines is 2. The number of carbonyl (C=O) groups is 1. The lowest BCUT2D eigenvalue weighted by molar-refractivity contribution is 0.0697. The van der Waals surface area contributed by atoms with E-state index in [9.17, 15) is 4.79 Å². The van der Waals surface area contributed by atoms with Crippen LogP contribution in [0, 0.1) is 0 Å². The number of hydrogen-bond acceptors (Lipinski definition) is 7. The molecule has 3 aromatic rings. The summed E-state index contributed by atoms with van der Waals surface area (Å²) in [4.78, 5) is 27.7. The SMILES string of the molecule is CC(C)(Cc1cnc2nc(N)nc(N)c2n1)c1ccc(C(=O)O)cc1. The molecule has 0 atom stereocenters. The van der Waals surface area contributed by atoms with Crippen LogP contribution in [0.15, 0.2) is 30.5 Å². The Hall–Kier alpha value is -3.29. The molecule has 0 aliphatic rings. The molecule has 8 heteroatoms. The number of fused-ring (bicyclic) bond motifs is 1. The van der Waals surface area contributed by atoms with Crippen molar-refractivity contribution in [1.82, 2.24) is 19.9 Å². The van der Waals surface area contributed by atoms with Gasteiger partial charge in [-0.15, -0.1) is 0 Å². The zero-order chi connectivity index (χ0) is 18.2. The Morgan fingerprint density at radius 3 is 2.44 bits per heavy atom. The van der Waals surface area contributed by atoms with Crippen molar-refractivity contribution in [3.05, 3.63) is 47.3 Å². The summed E-state index contributed by atoms with van der Waals surface area (Å²) in [6.07, 6.45) is 2.23. The lowest BCUT2D eigenvalue weighted by Crippen LogP contribution is -2.21. The molecule has 1 aromatic carbocycles. The molecule has 2 aromatic heterocycles. The smallest absolute Gasteiger partial charge is 0.335 e. The Morgan fingerprint density at radius 1 is 1.12 bits per heavy atom. The van der Waals surface area contributed by atoms with Gasteiger partial charge in [0.1, 0.15) is 0 Å². The van der Waals surface area contributed by atoms with Gasteiger partial charge in [0.2, 0.25) is 5.95 Å². The number of nitrogens with two attached hydrogens (primary N) is 2. The van der Waals surface area contributed by atoms with E-state index in [-0.39, 0.29) is 22.7 Å². The van der Waals surface area contributed by atoms with Crippen LogP contribution in [0.2, 0.25) is 0 Å². The van der Waals surface area contributed by atoms with E-state index in [1.165, 1.54) is 0 Å². The van der Waals surface area contributed by atoms with Crippen molar-refractivity contribution in [1.29, 1.82) is 0 Å². The number of benzene rings is 1. The number of carboxylic acid groups (broad SMARTS) is 1. The maximum Gasteiger partial charge on any atom is 0.335 e. The molecule has 3 rings (SSSR count). The van der Waals surface area contributed by atoms with Gasteiger partial charge >= 0.3 is 5.97 Å². The van der Waals surface area contributed by atoms with Crippen molar-refractivity contribution in [2.75, 3.05) is 11.5 Å². The van der Waals surface area contributed by atoms with Crippen LogP contribution in [0.1, 0.15) is 35.5 Å². The van der Waals surface area contributed by atoms with Crippen molar-refractivity contribution in [2.24, 2.45) is 0 Å². The van der Waals surface area contributed by atoms with Crippen molar-refractivity contribution < 1.29 is 9.90 Å². The summed E-state index contributed by atoms with van der Waals surface area (Å²) in [5.41, 5.74) is 13.9. The first-order valence-corrected chi connectivity index (χ1v) is 7.65. The van der Waals surface area contributed by atoms with Crippen molar-refractivity contribution in [3.8, 4) is 0 Å². The minimum absolute atomic E-state index is 0.0610. The fourth-order valence-electron chi connectivity index (χ4n) is 2.69. The average Bonchev–Trinajstić information content (AvgIpc) is 2.55. The second kappa shape index (κ2) is 5.97. The van der Waals surface area contributed by atoms with Crippen molar-refractivity contribution >= 4 is 28.9 Å². The lowest BCUT2D eigenvalue weighted by atomic mass is 9.80. The van der Waals surface area contributed by atoms with Gasteiger partial charge in [-0.05, 0) is 23.1 Å².